The topological polar surface area (TPSA) is 87.2 Å². The SMILES string of the molecule is O=[N+]([O-])c1csc(N=Nc2ccc(N3CCN(C([S-])[S-])CC3)cc2)n1.[Au]. The minimum absolute atomic E-state index is 0. The van der Waals surface area contributed by atoms with E-state index in [0.29, 0.717) is 5.69 Å². The second kappa shape index (κ2) is 9.83. The van der Waals surface area contributed by atoms with Crippen molar-refractivity contribution in [3.63, 3.8) is 0 Å². The van der Waals surface area contributed by atoms with Crippen molar-refractivity contribution in [2.45, 2.75) is 4.71 Å². The van der Waals surface area contributed by atoms with Crippen LogP contribution in [-0.2, 0) is 47.6 Å². The molecule has 1 fully saturated rings. The first-order valence-electron chi connectivity index (χ1n) is 7.45. The van der Waals surface area contributed by atoms with E-state index in [9.17, 15) is 10.1 Å². The molecule has 8 nitrogen and oxygen atoms in total. The van der Waals surface area contributed by atoms with Crippen LogP contribution in [0.3, 0.4) is 0 Å². The van der Waals surface area contributed by atoms with Crippen LogP contribution in [0.25, 0.3) is 0 Å². The zero-order valence-electron chi connectivity index (χ0n) is 13.3. The molecule has 0 amide bonds. The quantitative estimate of drug-likeness (QED) is 0.174. The molecule has 0 aliphatic carbocycles. The van der Waals surface area contributed by atoms with E-state index in [2.05, 4.69) is 25.0 Å². The van der Waals surface area contributed by atoms with Crippen LogP contribution in [-0.4, -0.2) is 45.7 Å². The van der Waals surface area contributed by atoms with E-state index in [1.165, 1.54) is 5.38 Å². The van der Waals surface area contributed by atoms with Crippen LogP contribution in [0.4, 0.5) is 22.3 Å². The van der Waals surface area contributed by atoms with Crippen LogP contribution in [0.5, 0.6) is 0 Å². The summed E-state index contributed by atoms with van der Waals surface area (Å²) in [4.78, 5) is 18.2. The van der Waals surface area contributed by atoms with E-state index in [1.54, 1.807) is 0 Å². The van der Waals surface area contributed by atoms with Gasteiger partial charge in [-0.1, -0.05) is 16.5 Å². The molecule has 12 heteroatoms. The van der Waals surface area contributed by atoms with Gasteiger partial charge in [-0.2, -0.15) is 0 Å². The Morgan fingerprint density at radius 1 is 1.15 bits per heavy atom. The van der Waals surface area contributed by atoms with Crippen molar-refractivity contribution >= 4 is 58.9 Å². The van der Waals surface area contributed by atoms with Crippen LogP contribution < -0.4 is 4.90 Å². The number of nitro groups is 1. The van der Waals surface area contributed by atoms with Crippen molar-refractivity contribution in [1.29, 1.82) is 0 Å². The molecule has 1 aromatic carbocycles. The van der Waals surface area contributed by atoms with Gasteiger partial charge < -0.3 is 45.2 Å². The molecule has 2 aromatic rings. The van der Waals surface area contributed by atoms with Gasteiger partial charge in [0.05, 0.1) is 11.1 Å². The number of hydrogen-bond acceptors (Lipinski definition) is 10. The van der Waals surface area contributed by atoms with Gasteiger partial charge in [0.15, 0.2) is 0 Å². The van der Waals surface area contributed by atoms with Crippen LogP contribution in [0, 0.1) is 10.1 Å². The van der Waals surface area contributed by atoms with E-state index in [1.807, 2.05) is 24.3 Å². The molecule has 3 rings (SSSR count). The molecule has 1 aliphatic rings. The Balaban J connectivity index is 0.00000243. The molecule has 0 atom stereocenters. The van der Waals surface area contributed by atoms with Gasteiger partial charge in [-0.3, -0.25) is 0 Å². The summed E-state index contributed by atoms with van der Waals surface area (Å²) in [5.74, 6) is -0.214. The van der Waals surface area contributed by atoms with Crippen molar-refractivity contribution < 1.29 is 27.3 Å². The number of azo groups is 1. The summed E-state index contributed by atoms with van der Waals surface area (Å²) < 4.78 is -0.244. The molecule has 1 radical (unpaired) electrons. The molecule has 143 valence electrons. The molecular formula is C14H14AuN6O2S3-2. The minimum atomic E-state index is -0.551. The van der Waals surface area contributed by atoms with Crippen LogP contribution >= 0.6 is 11.3 Å². The van der Waals surface area contributed by atoms with E-state index < -0.39 is 4.92 Å². The first kappa shape index (κ1) is 21.4. The van der Waals surface area contributed by atoms with E-state index in [0.717, 1.165) is 43.2 Å². The largest absolute Gasteiger partial charge is 0.800 e. The normalized spacial score (nSPS) is 15.4. The first-order valence-corrected chi connectivity index (χ1v) is 9.27. The fourth-order valence-electron chi connectivity index (χ4n) is 2.41. The smallest absolute Gasteiger partial charge is 0.377 e. The molecule has 1 aliphatic heterocycles. The Labute approximate surface area is 181 Å². The maximum Gasteiger partial charge on any atom is 0.377 e. The summed E-state index contributed by atoms with van der Waals surface area (Å²) in [6.45, 7) is 3.49. The van der Waals surface area contributed by atoms with E-state index in [-0.39, 0.29) is 38.0 Å². The second-order valence-electron chi connectivity index (χ2n) is 5.29. The summed E-state index contributed by atoms with van der Waals surface area (Å²) in [6, 6.07) is 7.67. The van der Waals surface area contributed by atoms with Gasteiger partial charge in [0.2, 0.25) is 0 Å². The summed E-state index contributed by atoms with van der Waals surface area (Å²) in [5, 5.41) is 20.2. The maximum absolute atomic E-state index is 10.6. The summed E-state index contributed by atoms with van der Waals surface area (Å²) in [6.07, 6.45) is 0. The number of nitrogens with zero attached hydrogens (tertiary/aromatic N) is 6. The first-order chi connectivity index (χ1) is 12.0. The van der Waals surface area contributed by atoms with Gasteiger partial charge in [-0.05, 0) is 34.2 Å². The van der Waals surface area contributed by atoms with Gasteiger partial charge in [-0.25, -0.2) is 4.71 Å². The summed E-state index contributed by atoms with van der Waals surface area (Å²) in [5.41, 5.74) is 1.77. The predicted molar refractivity (Wildman–Crippen MR) is 102 cm³/mol. The minimum Gasteiger partial charge on any atom is -0.800 e. The van der Waals surface area contributed by atoms with Crippen LogP contribution in [0.1, 0.15) is 0 Å². The molecule has 0 unspecified atom stereocenters. The Kier molecular flexibility index (Phi) is 8.07. The number of rotatable bonds is 5. The monoisotopic (exact) mass is 591 g/mol. The average Bonchev–Trinajstić information content (AvgIpc) is 3.10. The van der Waals surface area contributed by atoms with Crippen molar-refractivity contribution in [2.24, 2.45) is 10.2 Å². The number of aromatic nitrogens is 1. The third kappa shape index (κ3) is 5.52. The van der Waals surface area contributed by atoms with Gasteiger partial charge in [0.1, 0.15) is 0 Å². The third-order valence-corrected chi connectivity index (χ3v) is 5.05. The fraction of sp³-hybridized carbons (Fsp3) is 0.357. The number of thiazole rings is 1. The van der Waals surface area contributed by atoms with Crippen molar-refractivity contribution in [2.75, 3.05) is 31.1 Å². The molecule has 2 heterocycles. The van der Waals surface area contributed by atoms with Crippen molar-refractivity contribution in [3.8, 4) is 0 Å². The Hall–Kier alpha value is -0.950. The van der Waals surface area contributed by atoms with Gasteiger partial charge in [-0.15, -0.1) is 5.11 Å². The Morgan fingerprint density at radius 3 is 2.35 bits per heavy atom. The molecule has 0 saturated carbocycles. The fourth-order valence-corrected chi connectivity index (χ4v) is 3.41. The maximum atomic E-state index is 10.6. The predicted octanol–water partition coefficient (Wildman–Crippen LogP) is 2.96. The number of benzene rings is 1. The van der Waals surface area contributed by atoms with E-state index >= 15 is 0 Å². The Morgan fingerprint density at radius 2 is 1.81 bits per heavy atom. The Bertz CT molecular complexity index is 762. The van der Waals surface area contributed by atoms with E-state index in [4.69, 9.17) is 25.3 Å². The molecule has 1 saturated heterocycles. The summed E-state index contributed by atoms with van der Waals surface area (Å²) >= 11 is 11.3. The average molecular weight is 591 g/mol. The van der Waals surface area contributed by atoms with Crippen molar-refractivity contribution in [1.82, 2.24) is 9.88 Å². The van der Waals surface area contributed by atoms with Crippen LogP contribution in [0.2, 0.25) is 0 Å². The molecule has 0 spiro atoms. The molecule has 26 heavy (non-hydrogen) atoms. The number of piperazine rings is 1. The molecule has 1 aromatic heterocycles. The number of hydrogen-bond donors (Lipinski definition) is 0. The second-order valence-corrected chi connectivity index (χ2v) is 7.32. The van der Waals surface area contributed by atoms with Crippen LogP contribution in [0.15, 0.2) is 39.9 Å². The zero-order chi connectivity index (χ0) is 17.8. The third-order valence-electron chi connectivity index (χ3n) is 3.75. The van der Waals surface area contributed by atoms with Gasteiger partial charge >= 0.3 is 10.9 Å². The molecule has 0 bridgehead atoms. The summed E-state index contributed by atoms with van der Waals surface area (Å²) in [7, 11) is 0. The van der Waals surface area contributed by atoms with Crippen molar-refractivity contribution in [3.05, 3.63) is 39.8 Å². The number of anilines is 1. The van der Waals surface area contributed by atoms with Gasteiger partial charge in [0, 0.05) is 54.2 Å². The van der Waals surface area contributed by atoms with Gasteiger partial charge in [0.25, 0.3) is 0 Å². The molecule has 0 N–H and O–H groups in total. The standard InChI is InChI=1S/C14H16N6O2S3.Au/c21-20(22)12-9-25-13(15-12)17-16-10-1-3-11(4-2-10)18-5-7-19(8-6-18)14(23)24;/h1-4,9,14,23-24H,5-8H2;/p-2. The molecular weight excluding hydrogens is 577 g/mol. The zero-order valence-corrected chi connectivity index (χ0v) is 17.9.